The predicted molar refractivity (Wildman–Crippen MR) is 75.8 cm³/mol. The van der Waals surface area contributed by atoms with Crippen LogP contribution in [0.5, 0.6) is 0 Å². The van der Waals surface area contributed by atoms with Crippen LogP contribution in [0.2, 0.25) is 0 Å². The number of carbonyl (C=O) groups excluding carboxylic acids is 1. The Bertz CT molecular complexity index is 599. The molecule has 0 saturated carbocycles. The molecule has 2 rings (SSSR count). The molecule has 0 spiro atoms. The topological polar surface area (TPSA) is 54.0 Å². The van der Waals surface area contributed by atoms with E-state index in [1.54, 1.807) is 50.4 Å². The van der Waals surface area contributed by atoms with Crippen LogP contribution < -0.4 is 10.6 Å². The number of rotatable bonds is 3. The number of nitrogens with one attached hydrogen (secondary N) is 2. The number of benzene rings is 1. The van der Waals surface area contributed by atoms with Gasteiger partial charge in [-0.1, -0.05) is 18.2 Å². The summed E-state index contributed by atoms with van der Waals surface area (Å²) in [7, 11) is 0. The fraction of sp³-hybridized carbons (Fsp3) is 0.200. The van der Waals surface area contributed by atoms with Gasteiger partial charge in [-0.3, -0.25) is 4.98 Å². The normalized spacial score (nSPS) is 10.9. The maximum Gasteiger partial charge on any atom is 0.319 e. The SMILES string of the molecule is CC(C)(NC(=O)Nc1cccnc1)c1ccccc1F. The summed E-state index contributed by atoms with van der Waals surface area (Å²) >= 11 is 0. The minimum atomic E-state index is -0.822. The molecule has 5 heteroatoms. The summed E-state index contributed by atoms with van der Waals surface area (Å²) in [6, 6.07) is 9.41. The van der Waals surface area contributed by atoms with Gasteiger partial charge in [0.25, 0.3) is 0 Å². The number of hydrogen-bond acceptors (Lipinski definition) is 2. The first kappa shape index (κ1) is 14.0. The molecule has 1 heterocycles. The molecule has 0 fully saturated rings. The standard InChI is InChI=1S/C15H16FN3O/c1-15(2,12-7-3-4-8-13(12)16)19-14(20)18-11-6-5-9-17-10-11/h3-10H,1-2H3,(H2,18,19,20). The summed E-state index contributed by atoms with van der Waals surface area (Å²) in [6.07, 6.45) is 3.15. The van der Waals surface area contributed by atoms with Crippen molar-refractivity contribution in [1.82, 2.24) is 10.3 Å². The Balaban J connectivity index is 2.09. The van der Waals surface area contributed by atoms with Gasteiger partial charge in [-0.15, -0.1) is 0 Å². The summed E-state index contributed by atoms with van der Waals surface area (Å²) in [6.45, 7) is 3.49. The summed E-state index contributed by atoms with van der Waals surface area (Å²) in [4.78, 5) is 15.8. The van der Waals surface area contributed by atoms with Crippen LogP contribution in [0.15, 0.2) is 48.8 Å². The van der Waals surface area contributed by atoms with E-state index in [-0.39, 0.29) is 5.82 Å². The highest BCUT2D eigenvalue weighted by atomic mass is 19.1. The molecule has 0 aliphatic rings. The highest BCUT2D eigenvalue weighted by Crippen LogP contribution is 2.22. The molecular formula is C15H16FN3O. The van der Waals surface area contributed by atoms with E-state index in [0.717, 1.165) is 0 Å². The van der Waals surface area contributed by atoms with Crippen molar-refractivity contribution in [3.63, 3.8) is 0 Å². The number of carbonyl (C=O) groups is 1. The third kappa shape index (κ3) is 3.32. The average Bonchev–Trinajstić information content (AvgIpc) is 2.39. The molecular weight excluding hydrogens is 257 g/mol. The second-order valence-electron chi connectivity index (χ2n) is 4.93. The van der Waals surface area contributed by atoms with E-state index in [9.17, 15) is 9.18 Å². The van der Waals surface area contributed by atoms with Gasteiger partial charge in [-0.25, -0.2) is 9.18 Å². The minimum Gasteiger partial charge on any atom is -0.329 e. The Morgan fingerprint density at radius 3 is 2.60 bits per heavy atom. The molecule has 20 heavy (non-hydrogen) atoms. The molecule has 2 amide bonds. The maximum absolute atomic E-state index is 13.8. The predicted octanol–water partition coefficient (Wildman–Crippen LogP) is 3.28. The fourth-order valence-electron chi connectivity index (χ4n) is 1.92. The van der Waals surface area contributed by atoms with E-state index in [0.29, 0.717) is 11.3 Å². The molecule has 1 aromatic carbocycles. The van der Waals surface area contributed by atoms with Gasteiger partial charge in [0.2, 0.25) is 0 Å². The lowest BCUT2D eigenvalue weighted by Crippen LogP contribution is -2.43. The fourth-order valence-corrected chi connectivity index (χ4v) is 1.92. The quantitative estimate of drug-likeness (QED) is 0.901. The maximum atomic E-state index is 13.8. The van der Waals surface area contributed by atoms with Crippen molar-refractivity contribution in [1.29, 1.82) is 0 Å². The number of halogens is 1. The third-order valence-corrected chi connectivity index (χ3v) is 2.89. The van der Waals surface area contributed by atoms with Crippen molar-refractivity contribution in [2.75, 3.05) is 5.32 Å². The van der Waals surface area contributed by atoms with Gasteiger partial charge >= 0.3 is 6.03 Å². The molecule has 104 valence electrons. The zero-order chi connectivity index (χ0) is 14.6. The van der Waals surface area contributed by atoms with Gasteiger partial charge in [-0.05, 0) is 32.0 Å². The van der Waals surface area contributed by atoms with Crippen molar-refractivity contribution in [2.45, 2.75) is 19.4 Å². The van der Waals surface area contributed by atoms with E-state index in [4.69, 9.17) is 0 Å². The Morgan fingerprint density at radius 1 is 1.20 bits per heavy atom. The molecule has 0 atom stereocenters. The van der Waals surface area contributed by atoms with Crippen molar-refractivity contribution in [2.24, 2.45) is 0 Å². The van der Waals surface area contributed by atoms with Gasteiger partial charge in [-0.2, -0.15) is 0 Å². The number of nitrogens with zero attached hydrogens (tertiary/aromatic N) is 1. The summed E-state index contributed by atoms with van der Waals surface area (Å²) in [5, 5.41) is 5.40. The molecule has 2 N–H and O–H groups in total. The molecule has 1 aromatic heterocycles. The van der Waals surface area contributed by atoms with Gasteiger partial charge in [0.05, 0.1) is 17.4 Å². The molecule has 0 unspecified atom stereocenters. The highest BCUT2D eigenvalue weighted by Gasteiger charge is 2.25. The van der Waals surface area contributed by atoms with Crippen molar-refractivity contribution >= 4 is 11.7 Å². The first-order chi connectivity index (χ1) is 9.49. The lowest BCUT2D eigenvalue weighted by Gasteiger charge is -2.27. The summed E-state index contributed by atoms with van der Waals surface area (Å²) < 4.78 is 13.8. The summed E-state index contributed by atoms with van der Waals surface area (Å²) in [5.74, 6) is -0.348. The van der Waals surface area contributed by atoms with Gasteiger partial charge < -0.3 is 10.6 Å². The lowest BCUT2D eigenvalue weighted by molar-refractivity contribution is 0.241. The molecule has 0 saturated heterocycles. The number of pyridine rings is 1. The average molecular weight is 273 g/mol. The number of urea groups is 1. The summed E-state index contributed by atoms with van der Waals surface area (Å²) in [5.41, 5.74) is 0.188. The van der Waals surface area contributed by atoms with Crippen LogP contribution in [0.3, 0.4) is 0 Å². The number of amides is 2. The van der Waals surface area contributed by atoms with Crippen LogP contribution in [-0.2, 0) is 5.54 Å². The lowest BCUT2D eigenvalue weighted by atomic mass is 9.94. The molecule has 0 aliphatic heterocycles. The molecule has 0 radical (unpaired) electrons. The number of hydrogen-bond donors (Lipinski definition) is 2. The largest absolute Gasteiger partial charge is 0.329 e. The second-order valence-corrected chi connectivity index (χ2v) is 4.93. The van der Waals surface area contributed by atoms with Crippen LogP contribution in [0.1, 0.15) is 19.4 Å². The van der Waals surface area contributed by atoms with Crippen molar-refractivity contribution in [3.8, 4) is 0 Å². The third-order valence-electron chi connectivity index (χ3n) is 2.89. The monoisotopic (exact) mass is 273 g/mol. The number of anilines is 1. The second kappa shape index (κ2) is 5.69. The first-order valence-electron chi connectivity index (χ1n) is 6.23. The van der Waals surface area contributed by atoms with Crippen molar-refractivity contribution < 1.29 is 9.18 Å². The van der Waals surface area contributed by atoms with Gasteiger partial charge in [0, 0.05) is 11.8 Å². The highest BCUT2D eigenvalue weighted by molar-refractivity contribution is 5.89. The minimum absolute atomic E-state index is 0.348. The van der Waals surface area contributed by atoms with E-state index in [1.165, 1.54) is 12.3 Å². The van der Waals surface area contributed by atoms with Crippen LogP contribution in [0.4, 0.5) is 14.9 Å². The molecule has 0 bridgehead atoms. The Labute approximate surface area is 117 Å². The van der Waals surface area contributed by atoms with E-state index in [1.807, 2.05) is 0 Å². The number of aromatic nitrogens is 1. The Kier molecular flexibility index (Phi) is 3.98. The van der Waals surface area contributed by atoms with E-state index < -0.39 is 11.6 Å². The van der Waals surface area contributed by atoms with Crippen LogP contribution >= 0.6 is 0 Å². The van der Waals surface area contributed by atoms with Crippen LogP contribution in [0, 0.1) is 5.82 Å². The van der Waals surface area contributed by atoms with E-state index >= 15 is 0 Å². The zero-order valence-corrected chi connectivity index (χ0v) is 11.4. The molecule has 0 aliphatic carbocycles. The van der Waals surface area contributed by atoms with Crippen molar-refractivity contribution in [3.05, 3.63) is 60.2 Å². The van der Waals surface area contributed by atoms with Crippen LogP contribution in [-0.4, -0.2) is 11.0 Å². The Morgan fingerprint density at radius 2 is 1.95 bits per heavy atom. The van der Waals surface area contributed by atoms with Gasteiger partial charge in [0.15, 0.2) is 0 Å². The van der Waals surface area contributed by atoms with Crippen LogP contribution in [0.25, 0.3) is 0 Å². The Hall–Kier alpha value is -2.43. The molecule has 2 aromatic rings. The van der Waals surface area contributed by atoms with Gasteiger partial charge in [0.1, 0.15) is 5.82 Å². The zero-order valence-electron chi connectivity index (χ0n) is 11.4. The van der Waals surface area contributed by atoms with E-state index in [2.05, 4.69) is 15.6 Å². The smallest absolute Gasteiger partial charge is 0.319 e. The first-order valence-corrected chi connectivity index (χ1v) is 6.23. The molecule has 4 nitrogen and oxygen atoms in total.